The van der Waals surface area contributed by atoms with Gasteiger partial charge in [0.15, 0.2) is 0 Å². The van der Waals surface area contributed by atoms with E-state index in [9.17, 15) is 19.4 Å². The van der Waals surface area contributed by atoms with Gasteiger partial charge in [-0.1, -0.05) is 185 Å². The minimum atomic E-state index is -4.35. The van der Waals surface area contributed by atoms with Gasteiger partial charge in [0.2, 0.25) is 5.91 Å². The van der Waals surface area contributed by atoms with Crippen molar-refractivity contribution in [1.82, 2.24) is 5.32 Å². The predicted octanol–water partition coefficient (Wildman–Crippen LogP) is 12.7. The van der Waals surface area contributed by atoms with Crippen molar-refractivity contribution in [2.75, 3.05) is 19.8 Å². The number of amides is 1. The van der Waals surface area contributed by atoms with Gasteiger partial charge in [0.1, 0.15) is 0 Å². The molecule has 54 heavy (non-hydrogen) atoms. The molecule has 1 amide bonds. The van der Waals surface area contributed by atoms with E-state index in [1.807, 2.05) is 6.08 Å². The second kappa shape index (κ2) is 41.4. The summed E-state index contributed by atoms with van der Waals surface area (Å²) in [6.07, 6.45) is 49.2. The minimum absolute atomic E-state index is 0.0727. The first-order valence-corrected chi connectivity index (χ1v) is 24.1. The number of carbonyl (C=O) groups excluding carboxylic acids is 1. The van der Waals surface area contributed by atoms with Crippen LogP contribution in [0.2, 0.25) is 0 Å². The van der Waals surface area contributed by atoms with E-state index in [1.54, 1.807) is 6.08 Å². The van der Waals surface area contributed by atoms with Crippen molar-refractivity contribution in [2.45, 2.75) is 225 Å². The number of carbonyl (C=O) groups is 1. The van der Waals surface area contributed by atoms with Gasteiger partial charge in [-0.3, -0.25) is 13.8 Å². The smallest absolute Gasteiger partial charge is 0.387 e. The van der Waals surface area contributed by atoms with Crippen molar-refractivity contribution in [1.29, 1.82) is 0 Å². The predicted molar refractivity (Wildman–Crippen MR) is 231 cm³/mol. The summed E-state index contributed by atoms with van der Waals surface area (Å²) < 4.78 is 22.1. The first-order chi connectivity index (χ1) is 26.4. The lowest BCUT2D eigenvalue weighted by Gasteiger charge is -2.23. The molecule has 0 aliphatic carbocycles. The van der Waals surface area contributed by atoms with E-state index in [1.165, 1.54) is 141 Å². The van der Waals surface area contributed by atoms with Gasteiger partial charge < -0.3 is 21.1 Å². The molecule has 0 rings (SSSR count). The Labute approximate surface area is 333 Å². The minimum Gasteiger partial charge on any atom is -0.387 e. The molecule has 0 spiro atoms. The van der Waals surface area contributed by atoms with E-state index in [4.69, 9.17) is 14.8 Å². The Bertz CT molecular complexity index is 943. The Hall–Kier alpha value is -1.28. The molecular formula is C45H87N2O6P. The highest BCUT2D eigenvalue weighted by molar-refractivity contribution is 7.47. The van der Waals surface area contributed by atoms with E-state index in [-0.39, 0.29) is 25.7 Å². The number of aliphatic hydroxyl groups excluding tert-OH is 1. The van der Waals surface area contributed by atoms with Gasteiger partial charge >= 0.3 is 7.82 Å². The van der Waals surface area contributed by atoms with Crippen LogP contribution in [0, 0.1) is 0 Å². The lowest BCUT2D eigenvalue weighted by molar-refractivity contribution is -0.123. The second-order valence-electron chi connectivity index (χ2n) is 15.2. The van der Waals surface area contributed by atoms with E-state index in [0.717, 1.165) is 51.4 Å². The number of unbranched alkanes of at least 4 members (excludes halogenated alkanes) is 26. The van der Waals surface area contributed by atoms with Crippen LogP contribution in [-0.4, -0.2) is 47.8 Å². The van der Waals surface area contributed by atoms with Gasteiger partial charge in [0.25, 0.3) is 0 Å². The highest BCUT2D eigenvalue weighted by Crippen LogP contribution is 2.43. The first kappa shape index (κ1) is 52.7. The van der Waals surface area contributed by atoms with Gasteiger partial charge in [-0.25, -0.2) is 4.57 Å². The molecule has 0 radical (unpaired) electrons. The Morgan fingerprint density at radius 3 is 1.43 bits per heavy atom. The molecular weight excluding hydrogens is 695 g/mol. The van der Waals surface area contributed by atoms with Gasteiger partial charge in [0, 0.05) is 13.0 Å². The van der Waals surface area contributed by atoms with E-state index >= 15 is 0 Å². The lowest BCUT2D eigenvalue weighted by atomic mass is 10.0. The van der Waals surface area contributed by atoms with Crippen molar-refractivity contribution < 1.29 is 28.4 Å². The summed E-state index contributed by atoms with van der Waals surface area (Å²) in [6.45, 7) is 4.11. The number of allylic oxidation sites excluding steroid dienone is 5. The van der Waals surface area contributed by atoms with Crippen LogP contribution in [0.3, 0.4) is 0 Å². The summed E-state index contributed by atoms with van der Waals surface area (Å²) in [6, 6.07) is -0.880. The lowest BCUT2D eigenvalue weighted by Crippen LogP contribution is -2.45. The van der Waals surface area contributed by atoms with Crippen molar-refractivity contribution >= 4 is 13.7 Å². The number of nitrogens with one attached hydrogen (secondary N) is 1. The Morgan fingerprint density at radius 1 is 0.593 bits per heavy atom. The van der Waals surface area contributed by atoms with Gasteiger partial charge in [-0.2, -0.15) is 0 Å². The molecule has 5 N–H and O–H groups in total. The zero-order valence-corrected chi connectivity index (χ0v) is 36.1. The summed E-state index contributed by atoms with van der Waals surface area (Å²) in [7, 11) is -4.35. The van der Waals surface area contributed by atoms with Crippen molar-refractivity contribution in [2.24, 2.45) is 5.73 Å². The standard InChI is InChI=1S/C45H87N2O6P/c1-3-5-7-9-11-13-15-17-19-20-21-22-23-24-25-26-28-30-32-34-36-38-44(48)43(42-53-54(50,51)52-41-40-46)47-45(49)39-37-35-33-31-29-27-18-16-14-12-10-8-6-4-2/h16,18,28,30,36,38,43-44,48H,3-15,17,19-27,29,31-35,37,39-42,46H2,1-2H3,(H,47,49)(H,50,51)/b18-16-,30-28+,38-36+. The Balaban J connectivity index is 4.23. The third-order valence-electron chi connectivity index (χ3n) is 9.94. The average molecular weight is 783 g/mol. The zero-order valence-electron chi connectivity index (χ0n) is 35.2. The summed E-state index contributed by atoms with van der Waals surface area (Å²) in [4.78, 5) is 22.7. The van der Waals surface area contributed by atoms with Crippen molar-refractivity contribution in [3.8, 4) is 0 Å². The fraction of sp³-hybridized carbons (Fsp3) is 0.844. The molecule has 0 heterocycles. The third-order valence-corrected chi connectivity index (χ3v) is 10.9. The second-order valence-corrected chi connectivity index (χ2v) is 16.7. The number of aliphatic hydroxyl groups is 1. The molecule has 0 saturated heterocycles. The average Bonchev–Trinajstić information content (AvgIpc) is 3.16. The fourth-order valence-electron chi connectivity index (χ4n) is 6.50. The Kier molecular flexibility index (Phi) is 40.4. The van der Waals surface area contributed by atoms with E-state index in [2.05, 4.69) is 43.5 Å². The highest BCUT2D eigenvalue weighted by atomic mass is 31.2. The van der Waals surface area contributed by atoms with E-state index < -0.39 is 20.0 Å². The van der Waals surface area contributed by atoms with Crippen LogP contribution in [-0.2, 0) is 18.4 Å². The molecule has 9 heteroatoms. The number of hydrogen-bond acceptors (Lipinski definition) is 6. The SMILES string of the molecule is CCCCCCC/C=C\CCCCCCCC(=O)NC(COP(=O)(O)OCCN)C(O)/C=C/CC/C=C/CCCCCCCCCCCCCCCCC. The molecule has 0 fully saturated rings. The fourth-order valence-corrected chi connectivity index (χ4v) is 7.26. The zero-order chi connectivity index (χ0) is 39.6. The summed E-state index contributed by atoms with van der Waals surface area (Å²) in [5.41, 5.74) is 5.37. The molecule has 8 nitrogen and oxygen atoms in total. The quantitative estimate of drug-likeness (QED) is 0.0275. The third kappa shape index (κ3) is 39.0. The van der Waals surface area contributed by atoms with Crippen LogP contribution in [0.15, 0.2) is 36.5 Å². The molecule has 0 aliphatic heterocycles. The van der Waals surface area contributed by atoms with Crippen LogP contribution in [0.25, 0.3) is 0 Å². The molecule has 3 unspecified atom stereocenters. The molecule has 0 aromatic rings. The number of phosphoric acid groups is 1. The molecule has 0 aromatic heterocycles. The topological polar surface area (TPSA) is 131 Å². The first-order valence-electron chi connectivity index (χ1n) is 22.6. The van der Waals surface area contributed by atoms with Crippen LogP contribution in [0.1, 0.15) is 213 Å². The normalized spacial score (nSPS) is 14.4. The maximum absolute atomic E-state index is 12.7. The molecule has 0 bridgehead atoms. The summed E-state index contributed by atoms with van der Waals surface area (Å²) in [5, 5.41) is 13.7. The summed E-state index contributed by atoms with van der Waals surface area (Å²) in [5.74, 6) is -0.213. The Morgan fingerprint density at radius 2 is 0.981 bits per heavy atom. The van der Waals surface area contributed by atoms with Gasteiger partial charge in [0.05, 0.1) is 25.4 Å². The number of nitrogens with two attached hydrogens (primary N) is 1. The van der Waals surface area contributed by atoms with Crippen LogP contribution in [0.5, 0.6) is 0 Å². The number of hydrogen-bond donors (Lipinski definition) is 4. The van der Waals surface area contributed by atoms with Crippen LogP contribution < -0.4 is 11.1 Å². The number of phosphoric ester groups is 1. The maximum Gasteiger partial charge on any atom is 0.472 e. The molecule has 0 saturated carbocycles. The van der Waals surface area contributed by atoms with Crippen LogP contribution >= 0.6 is 7.82 Å². The van der Waals surface area contributed by atoms with Crippen molar-refractivity contribution in [3.63, 3.8) is 0 Å². The summed E-state index contributed by atoms with van der Waals surface area (Å²) >= 11 is 0. The molecule has 318 valence electrons. The molecule has 3 atom stereocenters. The molecule has 0 aromatic carbocycles. The monoisotopic (exact) mass is 783 g/mol. The largest absolute Gasteiger partial charge is 0.472 e. The van der Waals surface area contributed by atoms with Crippen LogP contribution in [0.4, 0.5) is 0 Å². The number of rotatable bonds is 42. The van der Waals surface area contributed by atoms with Gasteiger partial charge in [-0.15, -0.1) is 0 Å². The molecule has 0 aliphatic rings. The van der Waals surface area contributed by atoms with E-state index in [0.29, 0.717) is 6.42 Å². The highest BCUT2D eigenvalue weighted by Gasteiger charge is 2.26. The van der Waals surface area contributed by atoms with Gasteiger partial charge in [-0.05, 0) is 57.8 Å². The maximum atomic E-state index is 12.7. The van der Waals surface area contributed by atoms with Crippen molar-refractivity contribution in [3.05, 3.63) is 36.5 Å².